The van der Waals surface area contributed by atoms with Crippen LogP contribution < -0.4 is 0 Å². The minimum Gasteiger partial charge on any atom is -0.458 e. The molecule has 5 aliphatic rings. The Morgan fingerprint density at radius 1 is 1.11 bits per heavy atom. The standard InChI is InChI=1S/C30H40O5/c1-17-7-10-24(34-27(17)32)19(3)21-13-14-29(6)23(18(21)2)16-30(33)15-20-8-12-26(31)35-28(4,5)22(20)9-11-25(29)30/h7-8,12,15,19,21-25,33H,2,9-11,13-14,16H2,1,3-6H3/t19-,21-,22-,23+,24-,25+,29-,30-/m1/s1. The van der Waals surface area contributed by atoms with Gasteiger partial charge >= 0.3 is 11.9 Å². The lowest BCUT2D eigenvalue weighted by Crippen LogP contribution is -2.43. The van der Waals surface area contributed by atoms with Crippen molar-refractivity contribution in [1.82, 2.24) is 0 Å². The summed E-state index contributed by atoms with van der Waals surface area (Å²) in [5.41, 5.74) is 1.33. The number of allylic oxidation sites excluding steroid dienone is 2. The monoisotopic (exact) mass is 480 g/mol. The van der Waals surface area contributed by atoms with E-state index in [1.165, 1.54) is 11.6 Å². The molecule has 0 spiro atoms. The van der Waals surface area contributed by atoms with Gasteiger partial charge in [0.25, 0.3) is 0 Å². The molecule has 8 atom stereocenters. The van der Waals surface area contributed by atoms with Crippen LogP contribution in [0.5, 0.6) is 0 Å². The van der Waals surface area contributed by atoms with Crippen LogP contribution in [0.4, 0.5) is 0 Å². The van der Waals surface area contributed by atoms with Crippen LogP contribution in [-0.2, 0) is 19.1 Å². The van der Waals surface area contributed by atoms with Crippen LogP contribution in [0.15, 0.2) is 47.6 Å². The Bertz CT molecular complexity index is 1050. The fourth-order valence-corrected chi connectivity index (χ4v) is 8.24. The van der Waals surface area contributed by atoms with Gasteiger partial charge in [-0.1, -0.05) is 38.2 Å². The molecule has 0 amide bonds. The van der Waals surface area contributed by atoms with E-state index < -0.39 is 11.2 Å². The van der Waals surface area contributed by atoms with Gasteiger partial charge in [0.1, 0.15) is 11.7 Å². The molecule has 2 heterocycles. The molecule has 0 aromatic carbocycles. The number of fused-ring (bicyclic) bond motifs is 4. The molecule has 3 aliphatic carbocycles. The van der Waals surface area contributed by atoms with Crippen LogP contribution in [0.25, 0.3) is 0 Å². The van der Waals surface area contributed by atoms with Crippen LogP contribution in [0.3, 0.4) is 0 Å². The molecule has 5 rings (SSSR count). The lowest BCUT2D eigenvalue weighted by molar-refractivity contribution is -0.153. The van der Waals surface area contributed by atoms with Crippen molar-refractivity contribution in [2.24, 2.45) is 35.0 Å². The number of cyclic esters (lactones) is 2. The fourth-order valence-electron chi connectivity index (χ4n) is 8.24. The highest BCUT2D eigenvalue weighted by Crippen LogP contribution is 2.65. The molecule has 0 aromatic heterocycles. The van der Waals surface area contributed by atoms with Gasteiger partial charge in [-0.25, -0.2) is 9.59 Å². The molecule has 2 saturated carbocycles. The smallest absolute Gasteiger partial charge is 0.333 e. The summed E-state index contributed by atoms with van der Waals surface area (Å²) < 4.78 is 11.5. The summed E-state index contributed by atoms with van der Waals surface area (Å²) >= 11 is 0. The zero-order chi connectivity index (χ0) is 25.3. The lowest BCUT2D eigenvalue weighted by Gasteiger charge is -2.48. The Labute approximate surface area is 209 Å². The molecular formula is C30H40O5. The molecule has 190 valence electrons. The first kappa shape index (κ1) is 24.5. The van der Waals surface area contributed by atoms with Crippen molar-refractivity contribution in [2.45, 2.75) is 90.4 Å². The second-order valence-electron chi connectivity index (χ2n) is 12.6. The molecular weight excluding hydrogens is 440 g/mol. The molecule has 0 saturated heterocycles. The van der Waals surface area contributed by atoms with Gasteiger partial charge in [-0.2, -0.15) is 0 Å². The molecule has 35 heavy (non-hydrogen) atoms. The molecule has 5 heteroatoms. The number of aliphatic hydroxyl groups is 1. The first-order valence-corrected chi connectivity index (χ1v) is 13.3. The normalized spacial score (nSPS) is 43.4. The van der Waals surface area contributed by atoms with Gasteiger partial charge in [-0.05, 0) is 93.6 Å². The summed E-state index contributed by atoms with van der Waals surface area (Å²) in [6.45, 7) is 14.9. The number of carbonyl (C=O) groups is 2. The average Bonchev–Trinajstić information content (AvgIpc) is 2.86. The van der Waals surface area contributed by atoms with Gasteiger partial charge in [-0.3, -0.25) is 0 Å². The lowest BCUT2D eigenvalue weighted by atomic mass is 9.57. The van der Waals surface area contributed by atoms with E-state index in [2.05, 4.69) is 26.5 Å². The minimum atomic E-state index is -0.935. The van der Waals surface area contributed by atoms with E-state index in [0.29, 0.717) is 12.0 Å². The van der Waals surface area contributed by atoms with Gasteiger partial charge in [0.2, 0.25) is 0 Å². The van der Waals surface area contributed by atoms with Crippen LogP contribution >= 0.6 is 0 Å². The summed E-state index contributed by atoms with van der Waals surface area (Å²) in [4.78, 5) is 24.3. The maximum atomic E-state index is 12.2. The van der Waals surface area contributed by atoms with Crippen LogP contribution in [-0.4, -0.2) is 34.4 Å². The molecule has 0 aromatic rings. The van der Waals surface area contributed by atoms with Crippen molar-refractivity contribution in [2.75, 3.05) is 0 Å². The van der Waals surface area contributed by atoms with Crippen LogP contribution in [0, 0.1) is 35.0 Å². The Kier molecular flexibility index (Phi) is 5.75. The van der Waals surface area contributed by atoms with Gasteiger partial charge in [0, 0.05) is 24.0 Å². The average molecular weight is 481 g/mol. The summed E-state index contributed by atoms with van der Waals surface area (Å²) in [5.74, 6) is 0.343. The van der Waals surface area contributed by atoms with Gasteiger partial charge < -0.3 is 14.6 Å². The molecule has 1 N–H and O–H groups in total. The van der Waals surface area contributed by atoms with Crippen molar-refractivity contribution in [3.63, 3.8) is 0 Å². The predicted molar refractivity (Wildman–Crippen MR) is 134 cm³/mol. The van der Waals surface area contributed by atoms with E-state index in [1.54, 1.807) is 0 Å². The van der Waals surface area contributed by atoms with Gasteiger partial charge in [0.15, 0.2) is 0 Å². The summed E-state index contributed by atoms with van der Waals surface area (Å²) in [6.07, 6.45) is 12.5. The Morgan fingerprint density at radius 2 is 1.86 bits per heavy atom. The van der Waals surface area contributed by atoms with Gasteiger partial charge in [0.05, 0.1) is 5.60 Å². The minimum absolute atomic E-state index is 0.0348. The SMILES string of the molecule is C=C1[C@H]([C@@H](C)[C@H]2CC=C(C)C(=O)O2)CC[C@]2(C)[C@H]1C[C@]1(O)C=C3C=CC(=O)OC(C)(C)[C@@H]3CC[C@@H]21. The zero-order valence-corrected chi connectivity index (χ0v) is 21.8. The second kappa shape index (κ2) is 8.19. The van der Waals surface area contributed by atoms with E-state index >= 15 is 0 Å². The highest BCUT2D eigenvalue weighted by Gasteiger charge is 2.62. The molecule has 0 unspecified atom stereocenters. The maximum Gasteiger partial charge on any atom is 0.333 e. The zero-order valence-electron chi connectivity index (χ0n) is 21.8. The van der Waals surface area contributed by atoms with E-state index in [4.69, 9.17) is 9.47 Å². The highest BCUT2D eigenvalue weighted by molar-refractivity contribution is 5.88. The van der Waals surface area contributed by atoms with Gasteiger partial charge in [-0.15, -0.1) is 0 Å². The topological polar surface area (TPSA) is 72.8 Å². The Morgan fingerprint density at radius 3 is 2.57 bits per heavy atom. The molecule has 0 bridgehead atoms. The maximum absolute atomic E-state index is 12.2. The number of ether oxygens (including phenoxy) is 2. The largest absolute Gasteiger partial charge is 0.458 e. The predicted octanol–water partition coefficient (Wildman–Crippen LogP) is 5.45. The number of carbonyl (C=O) groups excluding carboxylic acids is 2. The molecule has 0 radical (unpaired) electrons. The number of rotatable bonds is 2. The molecule has 5 nitrogen and oxygen atoms in total. The van der Waals surface area contributed by atoms with Crippen molar-refractivity contribution >= 4 is 11.9 Å². The summed E-state index contributed by atoms with van der Waals surface area (Å²) in [7, 11) is 0. The summed E-state index contributed by atoms with van der Waals surface area (Å²) in [6, 6.07) is 0. The van der Waals surface area contributed by atoms with Crippen molar-refractivity contribution in [3.8, 4) is 0 Å². The third-order valence-electron chi connectivity index (χ3n) is 10.3. The third-order valence-corrected chi connectivity index (χ3v) is 10.3. The van der Waals surface area contributed by atoms with E-state index in [1.807, 2.05) is 32.9 Å². The first-order valence-electron chi connectivity index (χ1n) is 13.3. The fraction of sp³-hybridized carbons (Fsp3) is 0.667. The Balaban J connectivity index is 1.43. The van der Waals surface area contributed by atoms with E-state index in [-0.39, 0.29) is 53.0 Å². The van der Waals surface area contributed by atoms with Crippen molar-refractivity contribution < 1.29 is 24.2 Å². The first-order chi connectivity index (χ1) is 16.4. The molecule has 2 aliphatic heterocycles. The number of hydrogen-bond donors (Lipinski definition) is 1. The second-order valence-corrected chi connectivity index (χ2v) is 12.6. The van der Waals surface area contributed by atoms with Crippen LogP contribution in [0.2, 0.25) is 0 Å². The highest BCUT2D eigenvalue weighted by atomic mass is 16.6. The quantitative estimate of drug-likeness (QED) is 0.420. The molecule has 2 fully saturated rings. The number of esters is 2. The van der Waals surface area contributed by atoms with Crippen molar-refractivity contribution in [1.29, 1.82) is 0 Å². The third kappa shape index (κ3) is 3.85. The van der Waals surface area contributed by atoms with E-state index in [9.17, 15) is 14.7 Å². The van der Waals surface area contributed by atoms with Crippen molar-refractivity contribution in [3.05, 3.63) is 47.6 Å². The summed E-state index contributed by atoms with van der Waals surface area (Å²) in [5, 5.41) is 12.2. The van der Waals surface area contributed by atoms with Crippen LogP contribution in [0.1, 0.15) is 73.1 Å². The van der Waals surface area contributed by atoms with E-state index in [0.717, 1.165) is 37.7 Å². The Hall–Kier alpha value is -2.14. The number of hydrogen-bond acceptors (Lipinski definition) is 5.